The Balaban J connectivity index is 1.70. The molecule has 0 bridgehead atoms. The van der Waals surface area contributed by atoms with Crippen LogP contribution in [0.3, 0.4) is 0 Å². The van der Waals surface area contributed by atoms with Gasteiger partial charge in [0.15, 0.2) is 11.9 Å². The second-order valence-electron chi connectivity index (χ2n) is 6.11. The molecule has 3 rings (SSSR count). The molecule has 0 aromatic heterocycles. The molecule has 0 saturated heterocycles. The van der Waals surface area contributed by atoms with Crippen LogP contribution < -0.4 is 14.2 Å². The predicted molar refractivity (Wildman–Crippen MR) is 104 cm³/mol. The van der Waals surface area contributed by atoms with Gasteiger partial charge in [-0.1, -0.05) is 12.1 Å². The molecule has 1 aliphatic rings. The summed E-state index contributed by atoms with van der Waals surface area (Å²) in [6.45, 7) is 6.12. The number of hydrogen-bond acceptors (Lipinski definition) is 6. The molecule has 0 fully saturated rings. The number of benzene rings is 2. The molecule has 0 aliphatic carbocycles. The highest BCUT2D eigenvalue weighted by molar-refractivity contribution is 6.14. The zero-order valence-corrected chi connectivity index (χ0v) is 16.1. The number of rotatable bonds is 7. The SMILES string of the molecule is CCOC(=O)[C@H](C)Oc1ccc(/C=C2\Oc3cc(OCC)ccc3C2=O)cc1. The Bertz CT molecular complexity index is 898. The van der Waals surface area contributed by atoms with Crippen molar-refractivity contribution < 1.29 is 28.5 Å². The first-order valence-corrected chi connectivity index (χ1v) is 9.16. The minimum Gasteiger partial charge on any atom is -0.494 e. The third-order valence-electron chi connectivity index (χ3n) is 4.06. The zero-order chi connectivity index (χ0) is 20.1. The van der Waals surface area contributed by atoms with Crippen LogP contribution in [0.25, 0.3) is 6.08 Å². The maximum atomic E-state index is 12.5. The first kappa shape index (κ1) is 19.5. The first-order valence-electron chi connectivity index (χ1n) is 9.16. The minimum absolute atomic E-state index is 0.172. The van der Waals surface area contributed by atoms with E-state index in [2.05, 4.69) is 0 Å². The summed E-state index contributed by atoms with van der Waals surface area (Å²) in [4.78, 5) is 24.1. The monoisotopic (exact) mass is 382 g/mol. The van der Waals surface area contributed by atoms with Crippen molar-refractivity contribution in [3.8, 4) is 17.2 Å². The Morgan fingerprint density at radius 1 is 1.07 bits per heavy atom. The van der Waals surface area contributed by atoms with Crippen LogP contribution in [0.5, 0.6) is 17.2 Å². The highest BCUT2D eigenvalue weighted by atomic mass is 16.6. The smallest absolute Gasteiger partial charge is 0.347 e. The lowest BCUT2D eigenvalue weighted by atomic mass is 10.1. The average molecular weight is 382 g/mol. The van der Waals surface area contributed by atoms with Gasteiger partial charge in [0, 0.05) is 6.07 Å². The van der Waals surface area contributed by atoms with Gasteiger partial charge in [-0.25, -0.2) is 4.79 Å². The van der Waals surface area contributed by atoms with Crippen LogP contribution in [0.2, 0.25) is 0 Å². The quantitative estimate of drug-likeness (QED) is 0.532. The van der Waals surface area contributed by atoms with Crippen molar-refractivity contribution in [2.45, 2.75) is 26.9 Å². The van der Waals surface area contributed by atoms with Crippen molar-refractivity contribution in [1.82, 2.24) is 0 Å². The molecule has 0 radical (unpaired) electrons. The van der Waals surface area contributed by atoms with Gasteiger partial charge in [-0.05, 0) is 56.7 Å². The second-order valence-corrected chi connectivity index (χ2v) is 6.11. The molecule has 0 amide bonds. The summed E-state index contributed by atoms with van der Waals surface area (Å²) in [5.74, 6) is 1.35. The molecule has 1 atom stereocenters. The van der Waals surface area contributed by atoms with Crippen molar-refractivity contribution in [2.75, 3.05) is 13.2 Å². The molecule has 1 aliphatic heterocycles. The van der Waals surface area contributed by atoms with Gasteiger partial charge in [0.05, 0.1) is 18.8 Å². The van der Waals surface area contributed by atoms with E-state index in [1.165, 1.54) is 0 Å². The van der Waals surface area contributed by atoms with E-state index < -0.39 is 12.1 Å². The van der Waals surface area contributed by atoms with Crippen molar-refractivity contribution in [3.63, 3.8) is 0 Å². The van der Waals surface area contributed by atoms with Crippen LogP contribution in [0.15, 0.2) is 48.2 Å². The van der Waals surface area contributed by atoms with Gasteiger partial charge in [-0.3, -0.25) is 4.79 Å². The summed E-state index contributed by atoms with van der Waals surface area (Å²) in [6, 6.07) is 12.2. The summed E-state index contributed by atoms with van der Waals surface area (Å²) >= 11 is 0. The van der Waals surface area contributed by atoms with E-state index >= 15 is 0 Å². The Morgan fingerprint density at radius 3 is 2.46 bits per heavy atom. The predicted octanol–water partition coefficient (Wildman–Crippen LogP) is 4.03. The molecule has 1 heterocycles. The van der Waals surface area contributed by atoms with Crippen molar-refractivity contribution in [1.29, 1.82) is 0 Å². The van der Waals surface area contributed by atoms with Crippen LogP contribution >= 0.6 is 0 Å². The van der Waals surface area contributed by atoms with Crippen LogP contribution in [0.1, 0.15) is 36.7 Å². The molecule has 6 heteroatoms. The Kier molecular flexibility index (Phi) is 5.99. The fraction of sp³-hybridized carbons (Fsp3) is 0.273. The second kappa shape index (κ2) is 8.61. The van der Waals surface area contributed by atoms with E-state index in [1.807, 2.05) is 6.92 Å². The number of hydrogen-bond donors (Lipinski definition) is 0. The summed E-state index contributed by atoms with van der Waals surface area (Å²) < 4.78 is 21.6. The third kappa shape index (κ3) is 4.34. The molecule has 6 nitrogen and oxygen atoms in total. The highest BCUT2D eigenvalue weighted by Gasteiger charge is 2.27. The number of fused-ring (bicyclic) bond motifs is 1. The van der Waals surface area contributed by atoms with E-state index in [1.54, 1.807) is 62.4 Å². The average Bonchev–Trinajstić information content (AvgIpc) is 2.99. The zero-order valence-electron chi connectivity index (χ0n) is 16.1. The van der Waals surface area contributed by atoms with Crippen molar-refractivity contribution in [3.05, 3.63) is 59.4 Å². The number of esters is 1. The number of carbonyl (C=O) groups excluding carboxylic acids is 2. The summed E-state index contributed by atoms with van der Waals surface area (Å²) in [6.07, 6.45) is 0.972. The van der Waals surface area contributed by atoms with E-state index in [0.717, 1.165) is 5.56 Å². The lowest BCUT2D eigenvalue weighted by molar-refractivity contribution is -0.150. The van der Waals surface area contributed by atoms with Gasteiger partial charge in [0.1, 0.15) is 17.2 Å². The fourth-order valence-electron chi connectivity index (χ4n) is 2.73. The van der Waals surface area contributed by atoms with Crippen molar-refractivity contribution >= 4 is 17.8 Å². The maximum absolute atomic E-state index is 12.5. The molecule has 0 N–H and O–H groups in total. The molecule has 146 valence electrons. The Hall–Kier alpha value is -3.28. The standard InChI is InChI=1S/C22H22O6/c1-4-25-17-10-11-18-19(13-17)28-20(21(18)23)12-15-6-8-16(9-7-15)27-14(3)22(24)26-5-2/h6-14H,4-5H2,1-3H3/b20-12-/t14-/m0/s1. The molecule has 28 heavy (non-hydrogen) atoms. The highest BCUT2D eigenvalue weighted by Crippen LogP contribution is 2.35. The number of ketones is 1. The number of Topliss-reactive ketones (excluding diaryl/α,β-unsaturated/α-hetero) is 1. The van der Waals surface area contributed by atoms with Crippen LogP contribution in [-0.4, -0.2) is 31.1 Å². The summed E-state index contributed by atoms with van der Waals surface area (Å²) in [5, 5.41) is 0. The van der Waals surface area contributed by atoms with E-state index in [4.69, 9.17) is 18.9 Å². The van der Waals surface area contributed by atoms with Gasteiger partial charge in [0.25, 0.3) is 0 Å². The Labute approximate surface area is 163 Å². The van der Waals surface area contributed by atoms with E-state index in [0.29, 0.717) is 36.0 Å². The molecule has 2 aromatic carbocycles. The van der Waals surface area contributed by atoms with Crippen LogP contribution in [0.4, 0.5) is 0 Å². The topological polar surface area (TPSA) is 71.1 Å². The Morgan fingerprint density at radius 2 is 1.79 bits per heavy atom. The maximum Gasteiger partial charge on any atom is 0.347 e. The van der Waals surface area contributed by atoms with Gasteiger partial charge < -0.3 is 18.9 Å². The van der Waals surface area contributed by atoms with Gasteiger partial charge in [-0.15, -0.1) is 0 Å². The van der Waals surface area contributed by atoms with Crippen LogP contribution in [0, 0.1) is 0 Å². The molecule has 0 saturated carbocycles. The molecular formula is C22H22O6. The van der Waals surface area contributed by atoms with Gasteiger partial charge >= 0.3 is 5.97 Å². The first-order chi connectivity index (χ1) is 13.5. The van der Waals surface area contributed by atoms with Gasteiger partial charge in [0.2, 0.25) is 5.78 Å². The van der Waals surface area contributed by atoms with Gasteiger partial charge in [-0.2, -0.15) is 0 Å². The third-order valence-corrected chi connectivity index (χ3v) is 4.06. The molecule has 0 spiro atoms. The fourth-order valence-corrected chi connectivity index (χ4v) is 2.73. The lowest BCUT2D eigenvalue weighted by Crippen LogP contribution is -2.25. The minimum atomic E-state index is -0.696. The molecular weight excluding hydrogens is 360 g/mol. The van der Waals surface area contributed by atoms with Crippen molar-refractivity contribution in [2.24, 2.45) is 0 Å². The molecule has 0 unspecified atom stereocenters. The van der Waals surface area contributed by atoms with E-state index in [9.17, 15) is 9.59 Å². The molecule has 2 aromatic rings. The van der Waals surface area contributed by atoms with E-state index in [-0.39, 0.29) is 11.5 Å². The normalized spacial score (nSPS) is 15.0. The number of ether oxygens (including phenoxy) is 4. The lowest BCUT2D eigenvalue weighted by Gasteiger charge is -2.13. The number of allylic oxidation sites excluding steroid dienone is 1. The summed E-state index contributed by atoms with van der Waals surface area (Å²) in [5.41, 5.74) is 1.29. The van der Waals surface area contributed by atoms with Crippen LogP contribution in [-0.2, 0) is 9.53 Å². The number of carbonyl (C=O) groups is 2. The largest absolute Gasteiger partial charge is 0.494 e. The summed E-state index contributed by atoms with van der Waals surface area (Å²) in [7, 11) is 0.